The molecule has 4 nitrogen and oxygen atoms in total. The van der Waals surface area contributed by atoms with Gasteiger partial charge in [-0.2, -0.15) is 0 Å². The summed E-state index contributed by atoms with van der Waals surface area (Å²) >= 11 is 0. The summed E-state index contributed by atoms with van der Waals surface area (Å²) in [5.74, 6) is 2.97. The van der Waals surface area contributed by atoms with Gasteiger partial charge < -0.3 is 9.47 Å². The Labute approximate surface area is 366 Å². The van der Waals surface area contributed by atoms with Crippen LogP contribution in [0.15, 0.2) is 78.9 Å². The summed E-state index contributed by atoms with van der Waals surface area (Å²) in [6.45, 7) is 4.54. The quantitative estimate of drug-likeness (QED) is 0.0541. The van der Waals surface area contributed by atoms with Gasteiger partial charge in [0.25, 0.3) is 0 Å². The van der Waals surface area contributed by atoms with Crippen LogP contribution in [-0.2, 0) is 22.3 Å². The largest absolute Gasteiger partial charge is 0.458 e. The maximum atomic E-state index is 13.4. The van der Waals surface area contributed by atoms with Crippen LogP contribution in [-0.4, -0.2) is 18.5 Å². The van der Waals surface area contributed by atoms with Crippen molar-refractivity contribution >= 4 is 11.9 Å². The molecule has 3 aromatic carbocycles. The molecule has 0 spiro atoms. The van der Waals surface area contributed by atoms with Gasteiger partial charge in [-0.3, -0.25) is 0 Å². The SMILES string of the molecule is CCCCCCCC1CCC(CCCCc2ccc(C(=O)OC[C@H](OC(=O)c3ccc(CCCCC4CCC(CCCCCCC)CC4)cc3)c3ccccc3)cc2)CC1. The first-order chi connectivity index (χ1) is 29.5. The van der Waals surface area contributed by atoms with Crippen LogP contribution in [0.3, 0.4) is 0 Å². The fourth-order valence-electron chi connectivity index (χ4n) is 10.1. The van der Waals surface area contributed by atoms with E-state index >= 15 is 0 Å². The number of esters is 2. The second-order valence-corrected chi connectivity index (χ2v) is 19.0. The summed E-state index contributed by atoms with van der Waals surface area (Å²) in [6.07, 6.45) is 37.4. The lowest BCUT2D eigenvalue weighted by Gasteiger charge is -2.28. The molecule has 5 rings (SSSR count). The monoisotopic (exact) mass is 819 g/mol. The van der Waals surface area contributed by atoms with Crippen molar-refractivity contribution in [1.82, 2.24) is 0 Å². The minimum atomic E-state index is -0.701. The van der Waals surface area contributed by atoms with Crippen LogP contribution in [0.4, 0.5) is 0 Å². The highest BCUT2D eigenvalue weighted by molar-refractivity contribution is 5.90. The third-order valence-electron chi connectivity index (χ3n) is 14.2. The van der Waals surface area contributed by atoms with Gasteiger partial charge in [0.15, 0.2) is 6.10 Å². The molecule has 2 aliphatic carbocycles. The number of aryl methyl sites for hydroxylation is 2. The van der Waals surface area contributed by atoms with Gasteiger partial charge in [-0.15, -0.1) is 0 Å². The number of carbonyl (C=O) groups excluding carboxylic acids is 2. The lowest BCUT2D eigenvalue weighted by atomic mass is 9.78. The molecule has 0 radical (unpaired) electrons. The first-order valence-corrected chi connectivity index (χ1v) is 25.1. The molecule has 2 aliphatic rings. The lowest BCUT2D eigenvalue weighted by molar-refractivity contribution is -0.00133. The molecule has 3 aromatic rings. The molecule has 2 saturated carbocycles. The molecule has 0 saturated heterocycles. The highest BCUT2D eigenvalue weighted by Gasteiger charge is 2.23. The standard InChI is InChI=1S/C56H82O4/c1-3-5-7-9-12-20-45-28-32-47(33-29-45)22-16-18-24-49-36-40-52(41-37-49)55(57)59-44-54(51-26-14-11-15-27-51)60-56(58)53-42-38-50(39-43-53)25-19-17-23-48-34-30-46(31-35-48)21-13-10-8-6-4-2/h11,14-15,26-27,36-43,45-48,54H,3-10,12-13,16-25,28-35,44H2,1-2H3/t45?,46?,47?,48?,54-/m0/s1. The number of unbranched alkanes of at least 4 members (excludes halogenated alkanes) is 10. The molecule has 1 atom stereocenters. The summed E-state index contributed by atoms with van der Waals surface area (Å²) < 4.78 is 11.8. The maximum Gasteiger partial charge on any atom is 0.338 e. The smallest absolute Gasteiger partial charge is 0.338 e. The van der Waals surface area contributed by atoms with Gasteiger partial charge in [0.2, 0.25) is 0 Å². The van der Waals surface area contributed by atoms with Gasteiger partial charge in [0, 0.05) is 0 Å². The number of carbonyl (C=O) groups is 2. The van der Waals surface area contributed by atoms with Crippen molar-refractivity contribution in [2.45, 2.75) is 200 Å². The zero-order chi connectivity index (χ0) is 42.0. The number of hydrogen-bond acceptors (Lipinski definition) is 4. The van der Waals surface area contributed by atoms with E-state index in [-0.39, 0.29) is 6.61 Å². The molecule has 60 heavy (non-hydrogen) atoms. The Hall–Kier alpha value is -3.40. The average Bonchev–Trinajstić information content (AvgIpc) is 3.29. The normalized spacial score (nSPS) is 19.8. The van der Waals surface area contributed by atoms with Crippen LogP contribution < -0.4 is 0 Å². The molecule has 0 amide bonds. The first kappa shape index (κ1) is 47.6. The van der Waals surface area contributed by atoms with Crippen molar-refractivity contribution in [3.8, 4) is 0 Å². The minimum absolute atomic E-state index is 0.0456. The summed E-state index contributed by atoms with van der Waals surface area (Å²) in [5.41, 5.74) is 4.35. The van der Waals surface area contributed by atoms with Gasteiger partial charge in [-0.25, -0.2) is 9.59 Å². The van der Waals surface area contributed by atoms with Crippen LogP contribution in [0.1, 0.15) is 224 Å². The Balaban J connectivity index is 0.968. The predicted molar refractivity (Wildman–Crippen MR) is 251 cm³/mol. The fraction of sp³-hybridized carbons (Fsp3) is 0.643. The van der Waals surface area contributed by atoms with E-state index in [1.165, 1.54) is 178 Å². The van der Waals surface area contributed by atoms with Gasteiger partial charge in [0.1, 0.15) is 6.61 Å². The Morgan fingerprint density at radius 2 is 0.850 bits per heavy atom. The van der Waals surface area contributed by atoms with E-state index in [1.807, 2.05) is 54.6 Å². The number of rotatable bonds is 28. The van der Waals surface area contributed by atoms with Crippen molar-refractivity contribution in [3.05, 3.63) is 107 Å². The van der Waals surface area contributed by atoms with Gasteiger partial charge in [-0.1, -0.05) is 223 Å². The van der Waals surface area contributed by atoms with Crippen LogP contribution in [0, 0.1) is 23.7 Å². The van der Waals surface area contributed by atoms with Crippen LogP contribution in [0.25, 0.3) is 0 Å². The summed E-state index contributed by atoms with van der Waals surface area (Å²) in [6, 6.07) is 25.3. The molecule has 0 aliphatic heterocycles. The Bertz CT molecular complexity index is 1560. The minimum Gasteiger partial charge on any atom is -0.458 e. The van der Waals surface area contributed by atoms with E-state index in [4.69, 9.17) is 9.47 Å². The Kier molecular flexibility index (Phi) is 22.4. The van der Waals surface area contributed by atoms with Crippen molar-refractivity contribution in [2.75, 3.05) is 6.61 Å². The van der Waals surface area contributed by atoms with E-state index in [0.717, 1.165) is 42.1 Å². The molecular weight excluding hydrogens is 737 g/mol. The molecule has 0 N–H and O–H groups in total. The van der Waals surface area contributed by atoms with Crippen LogP contribution in [0.2, 0.25) is 0 Å². The van der Waals surface area contributed by atoms with E-state index in [1.54, 1.807) is 0 Å². The molecule has 330 valence electrons. The Morgan fingerprint density at radius 1 is 0.467 bits per heavy atom. The zero-order valence-corrected chi connectivity index (χ0v) is 38.0. The highest BCUT2D eigenvalue weighted by Crippen LogP contribution is 2.36. The molecule has 4 heteroatoms. The molecule has 0 bridgehead atoms. The highest BCUT2D eigenvalue weighted by atomic mass is 16.6. The van der Waals surface area contributed by atoms with Gasteiger partial charge in [0.05, 0.1) is 11.1 Å². The maximum absolute atomic E-state index is 13.4. The molecule has 0 aromatic heterocycles. The van der Waals surface area contributed by atoms with E-state index in [9.17, 15) is 9.59 Å². The molecule has 2 fully saturated rings. The summed E-state index contributed by atoms with van der Waals surface area (Å²) in [5, 5.41) is 0. The molecule has 0 unspecified atom stereocenters. The van der Waals surface area contributed by atoms with Crippen LogP contribution in [0.5, 0.6) is 0 Å². The second-order valence-electron chi connectivity index (χ2n) is 19.0. The zero-order valence-electron chi connectivity index (χ0n) is 38.0. The van der Waals surface area contributed by atoms with Crippen molar-refractivity contribution in [1.29, 1.82) is 0 Å². The topological polar surface area (TPSA) is 52.6 Å². The number of benzene rings is 3. The van der Waals surface area contributed by atoms with Crippen molar-refractivity contribution in [2.24, 2.45) is 23.7 Å². The lowest BCUT2D eigenvalue weighted by Crippen LogP contribution is -2.19. The second kappa shape index (κ2) is 28.2. The van der Waals surface area contributed by atoms with Crippen molar-refractivity contribution in [3.63, 3.8) is 0 Å². The van der Waals surface area contributed by atoms with E-state index in [0.29, 0.717) is 11.1 Å². The summed E-state index contributed by atoms with van der Waals surface area (Å²) in [4.78, 5) is 26.5. The first-order valence-electron chi connectivity index (χ1n) is 25.1. The van der Waals surface area contributed by atoms with Gasteiger partial charge in [-0.05, 0) is 90.3 Å². The Morgan fingerprint density at radius 3 is 1.27 bits per heavy atom. The van der Waals surface area contributed by atoms with E-state index in [2.05, 4.69) is 38.1 Å². The molecular formula is C56H82O4. The summed E-state index contributed by atoms with van der Waals surface area (Å²) in [7, 11) is 0. The third-order valence-corrected chi connectivity index (χ3v) is 14.2. The molecule has 0 heterocycles. The number of ether oxygens (including phenoxy) is 2. The average molecular weight is 819 g/mol. The predicted octanol–water partition coefficient (Wildman–Crippen LogP) is 16.2. The third kappa shape index (κ3) is 17.9. The fourth-order valence-corrected chi connectivity index (χ4v) is 10.1. The number of hydrogen-bond donors (Lipinski definition) is 0. The van der Waals surface area contributed by atoms with Gasteiger partial charge >= 0.3 is 11.9 Å². The van der Waals surface area contributed by atoms with Crippen LogP contribution >= 0.6 is 0 Å². The van der Waals surface area contributed by atoms with Crippen molar-refractivity contribution < 1.29 is 19.1 Å². The van der Waals surface area contributed by atoms with E-state index < -0.39 is 18.0 Å².